The van der Waals surface area contributed by atoms with E-state index in [9.17, 15) is 0 Å². The zero-order chi connectivity index (χ0) is 2.71. The molecule has 0 heterocycles. The van der Waals surface area contributed by atoms with Crippen LogP contribution in [0.2, 0.25) is 5.23 Å². The fourth-order valence-corrected chi connectivity index (χ4v) is 0. The molecule has 0 saturated heterocycles. The third-order valence-electron chi connectivity index (χ3n) is 0. The van der Waals surface area contributed by atoms with Gasteiger partial charge in [0, 0.05) is 17.1 Å². The van der Waals surface area contributed by atoms with Crippen LogP contribution in [0.1, 0.15) is 0 Å². The summed E-state index contributed by atoms with van der Waals surface area (Å²) < 4.78 is 0. The topological polar surface area (TPSA) is 0 Å². The largest absolute Gasteiger partial charge is 0 e. The second-order valence-corrected chi connectivity index (χ2v) is 2.06. The first-order valence-electron chi connectivity index (χ1n) is 1.00. The molecule has 4 heavy (non-hydrogen) atoms. The molecule has 0 nitrogen and oxygen atoms in total. The molecule has 0 unspecified atom stereocenters. The minimum Gasteiger partial charge on any atom is 0 e. The molecule has 0 rings (SSSR count). The van der Waals surface area contributed by atoms with E-state index < -0.39 is 0 Å². The van der Waals surface area contributed by atoms with Gasteiger partial charge in [-0.15, -0.1) is 0 Å². The molecule has 0 saturated carbocycles. The Balaban J connectivity index is 0. The Kier molecular flexibility index (Phi) is 19.9. The molecule has 3 heteroatoms. The van der Waals surface area contributed by atoms with Gasteiger partial charge < -0.3 is 0 Å². The Bertz CT molecular complexity index is 8.00. The van der Waals surface area contributed by atoms with Crippen molar-refractivity contribution in [1.82, 2.24) is 0 Å². The van der Waals surface area contributed by atoms with Crippen molar-refractivity contribution in [3.8, 4) is 0 Å². The molecule has 0 aromatic carbocycles. The van der Waals surface area contributed by atoms with Gasteiger partial charge in [0.05, 0.1) is 0 Å². The second kappa shape index (κ2) is 8.85. The van der Waals surface area contributed by atoms with Crippen LogP contribution in [0.4, 0.5) is 0 Å². The van der Waals surface area contributed by atoms with Crippen molar-refractivity contribution < 1.29 is 36.0 Å². The Labute approximate surface area is 47.3 Å². The van der Waals surface area contributed by atoms with Crippen molar-refractivity contribution in [3.63, 3.8) is 0 Å². The van der Waals surface area contributed by atoms with Crippen LogP contribution in [-0.4, -0.2) is 6.02 Å². The summed E-state index contributed by atoms with van der Waals surface area (Å²) in [4.78, 5) is 0. The molecule has 0 atom stereocenters. The molecule has 0 amide bonds. The molecule has 23 valence electrons. The predicted molar refractivity (Wildman–Crippen MR) is 14.4 cm³/mol. The number of hydrogen-bond donors (Lipinski definition) is 0. The SMILES string of the molecule is [BH2][Ti][CH3].[Mn]. The summed E-state index contributed by atoms with van der Waals surface area (Å²) in [5.74, 6) is 0. The summed E-state index contributed by atoms with van der Waals surface area (Å²) in [5.41, 5.74) is 0. The Hall–Kier alpha value is 1.30. The fourth-order valence-electron chi connectivity index (χ4n) is 0. The van der Waals surface area contributed by atoms with Crippen molar-refractivity contribution in [2.45, 2.75) is 5.23 Å². The van der Waals surface area contributed by atoms with Gasteiger partial charge in [-0.1, -0.05) is 0 Å². The molecule has 0 aliphatic carbocycles. The smallest absolute Gasteiger partial charge is 0 e. The van der Waals surface area contributed by atoms with E-state index in [1.54, 1.807) is 0 Å². The van der Waals surface area contributed by atoms with E-state index in [-0.39, 0.29) is 17.1 Å². The van der Waals surface area contributed by atoms with E-state index in [1.165, 1.54) is 0 Å². The molecule has 0 aromatic rings. The summed E-state index contributed by atoms with van der Waals surface area (Å²) in [6, 6.07) is 2.25. The van der Waals surface area contributed by atoms with Gasteiger partial charge in [-0.2, -0.15) is 0 Å². The van der Waals surface area contributed by atoms with Crippen LogP contribution >= 0.6 is 0 Å². The normalized spacial score (nSPS) is 3.25. The quantitative estimate of drug-likeness (QED) is 0.394. The zero-order valence-electron chi connectivity index (χ0n) is 2.88. The Morgan fingerprint density at radius 3 is 1.75 bits per heavy atom. The van der Waals surface area contributed by atoms with Crippen molar-refractivity contribution >= 4 is 6.02 Å². The molecule has 0 aliphatic rings. The molecule has 0 aromatic heterocycles. The van der Waals surface area contributed by atoms with Crippen molar-refractivity contribution in [2.24, 2.45) is 0 Å². The monoisotopic (exact) mass is 131 g/mol. The summed E-state index contributed by atoms with van der Waals surface area (Å²) in [7, 11) is 0. The van der Waals surface area contributed by atoms with Gasteiger partial charge in [0.2, 0.25) is 0 Å². The summed E-state index contributed by atoms with van der Waals surface area (Å²) in [6.45, 7) is 0. The maximum atomic E-state index is 2.25. The van der Waals surface area contributed by atoms with E-state index in [4.69, 9.17) is 0 Å². The van der Waals surface area contributed by atoms with Crippen LogP contribution < -0.4 is 0 Å². The van der Waals surface area contributed by atoms with Crippen LogP contribution in [0.15, 0.2) is 0 Å². The average Bonchev–Trinajstić information content (AvgIpc) is 0.918. The average molecular weight is 131 g/mol. The van der Waals surface area contributed by atoms with Gasteiger partial charge in [0.25, 0.3) is 0 Å². The molecular formula is CH5BMnTi. The molecule has 0 bridgehead atoms. The fraction of sp³-hybridized carbons (Fsp3) is 1.00. The number of hydrogen-bond acceptors (Lipinski definition) is 0. The van der Waals surface area contributed by atoms with E-state index in [1.807, 2.05) is 0 Å². The van der Waals surface area contributed by atoms with Crippen molar-refractivity contribution in [3.05, 3.63) is 0 Å². The van der Waals surface area contributed by atoms with Crippen molar-refractivity contribution in [2.75, 3.05) is 0 Å². The first-order valence-corrected chi connectivity index (χ1v) is 4.12. The van der Waals surface area contributed by atoms with Crippen LogP contribution in [0.3, 0.4) is 0 Å². The third kappa shape index (κ3) is 10.3. The molecule has 0 fully saturated rings. The van der Waals surface area contributed by atoms with E-state index >= 15 is 0 Å². The van der Waals surface area contributed by atoms with Crippen LogP contribution in [0.5, 0.6) is 0 Å². The summed E-state index contributed by atoms with van der Waals surface area (Å²) >= 11 is 0.500. The van der Waals surface area contributed by atoms with Gasteiger partial charge in [-0.05, 0) is 0 Å². The maximum Gasteiger partial charge on any atom is 0 e. The van der Waals surface area contributed by atoms with E-state index in [0.29, 0.717) is 19.0 Å². The number of rotatable bonds is 0. The maximum absolute atomic E-state index is 2.25. The molecule has 0 N–H and O–H groups in total. The third-order valence-corrected chi connectivity index (χ3v) is 0. The Morgan fingerprint density at radius 2 is 1.75 bits per heavy atom. The molecule has 0 spiro atoms. The summed E-state index contributed by atoms with van der Waals surface area (Å²) in [6.07, 6.45) is 0. The van der Waals surface area contributed by atoms with Gasteiger partial charge in [0.15, 0.2) is 0 Å². The minimum absolute atomic E-state index is 0. The molecule has 0 aliphatic heterocycles. The minimum atomic E-state index is 0. The Morgan fingerprint density at radius 1 is 1.75 bits per heavy atom. The van der Waals surface area contributed by atoms with E-state index in [2.05, 4.69) is 11.3 Å². The van der Waals surface area contributed by atoms with Crippen LogP contribution in [-0.2, 0) is 36.0 Å². The van der Waals surface area contributed by atoms with Gasteiger partial charge in [0.1, 0.15) is 0 Å². The zero-order valence-corrected chi connectivity index (χ0v) is 5.62. The standard InChI is InChI=1S/CH3.BH2.Mn.Ti/h1H3;1H2;;/q;+1;;-1. The van der Waals surface area contributed by atoms with Crippen molar-refractivity contribution in [1.29, 1.82) is 0 Å². The van der Waals surface area contributed by atoms with Gasteiger partial charge >= 0.3 is 30.2 Å². The second-order valence-electron chi connectivity index (χ2n) is 0.500. The van der Waals surface area contributed by atoms with E-state index in [0.717, 1.165) is 0 Å². The van der Waals surface area contributed by atoms with Gasteiger partial charge in [-0.3, -0.25) is 0 Å². The van der Waals surface area contributed by atoms with Crippen LogP contribution in [0.25, 0.3) is 0 Å². The predicted octanol–water partition coefficient (Wildman–Crippen LogP) is -0.337. The van der Waals surface area contributed by atoms with Crippen LogP contribution in [0, 0.1) is 0 Å². The first-order chi connectivity index (χ1) is 1.41. The van der Waals surface area contributed by atoms with Gasteiger partial charge in [-0.25, -0.2) is 0 Å². The summed E-state index contributed by atoms with van der Waals surface area (Å²) in [5, 5.41) is 2.25. The molecule has 1 radical (unpaired) electrons. The molecular weight excluding hydrogens is 126 g/mol. The first kappa shape index (κ1) is 9.00.